The van der Waals surface area contributed by atoms with Gasteiger partial charge in [-0.15, -0.1) is 0 Å². The van der Waals surface area contributed by atoms with Crippen LogP contribution in [-0.4, -0.2) is 19.6 Å². The summed E-state index contributed by atoms with van der Waals surface area (Å²) in [4.78, 5) is 20.3. The molecule has 20 heavy (non-hydrogen) atoms. The highest BCUT2D eigenvalue weighted by atomic mass is 16.6. The van der Waals surface area contributed by atoms with Crippen LogP contribution in [0.15, 0.2) is 30.6 Å². The maximum absolute atomic E-state index is 11.0. The normalized spacial score (nSPS) is 10.4. The summed E-state index contributed by atoms with van der Waals surface area (Å²) in [6.07, 6.45) is 3.24. The van der Waals surface area contributed by atoms with E-state index < -0.39 is 9.85 Å². The molecule has 0 aliphatic heterocycles. The molecule has 1 aromatic heterocycles. The van der Waals surface area contributed by atoms with Crippen molar-refractivity contribution in [2.24, 2.45) is 5.73 Å². The molecule has 9 nitrogen and oxygen atoms in total. The highest BCUT2D eigenvalue weighted by Crippen LogP contribution is 2.25. The predicted octanol–water partition coefficient (Wildman–Crippen LogP) is 1.21. The van der Waals surface area contributed by atoms with E-state index in [2.05, 4.69) is 5.10 Å². The maximum atomic E-state index is 11.0. The van der Waals surface area contributed by atoms with Gasteiger partial charge in [-0.1, -0.05) is 0 Å². The minimum absolute atomic E-state index is 0.147. The molecule has 1 heterocycles. The van der Waals surface area contributed by atoms with Crippen LogP contribution in [0.4, 0.5) is 11.4 Å². The number of rotatable bonds is 5. The van der Waals surface area contributed by atoms with Crippen LogP contribution in [-0.2, 0) is 13.1 Å². The van der Waals surface area contributed by atoms with Crippen molar-refractivity contribution < 1.29 is 9.85 Å². The standard InChI is InChI=1S/C11H11N5O4/c12-4-8-5-13-14(6-8)7-9-1-2-10(15(17)18)3-11(9)16(19)20/h1-3,5-6H,4,7,12H2. The lowest BCUT2D eigenvalue weighted by Gasteiger charge is -2.03. The van der Waals surface area contributed by atoms with Gasteiger partial charge in [-0.05, 0) is 6.07 Å². The summed E-state index contributed by atoms with van der Waals surface area (Å²) >= 11 is 0. The van der Waals surface area contributed by atoms with Crippen LogP contribution >= 0.6 is 0 Å². The summed E-state index contributed by atoms with van der Waals surface area (Å²) in [5, 5.41) is 25.6. The summed E-state index contributed by atoms with van der Waals surface area (Å²) in [7, 11) is 0. The largest absolute Gasteiger partial charge is 0.326 e. The fourth-order valence-corrected chi connectivity index (χ4v) is 1.74. The SMILES string of the molecule is NCc1cnn(Cc2ccc([N+](=O)[O-])cc2[N+](=O)[O-])c1. The van der Waals surface area contributed by atoms with E-state index in [0.717, 1.165) is 11.6 Å². The number of nitro groups is 2. The van der Waals surface area contributed by atoms with Gasteiger partial charge in [0.15, 0.2) is 0 Å². The van der Waals surface area contributed by atoms with E-state index in [4.69, 9.17) is 5.73 Å². The Bertz CT molecular complexity index is 667. The van der Waals surface area contributed by atoms with Gasteiger partial charge >= 0.3 is 0 Å². The third-order valence-electron chi connectivity index (χ3n) is 2.73. The van der Waals surface area contributed by atoms with Crippen molar-refractivity contribution in [3.63, 3.8) is 0 Å². The molecule has 0 fully saturated rings. The number of aromatic nitrogens is 2. The molecule has 2 N–H and O–H groups in total. The molecule has 0 aliphatic carbocycles. The summed E-state index contributed by atoms with van der Waals surface area (Å²) < 4.78 is 1.50. The van der Waals surface area contributed by atoms with Crippen LogP contribution in [0.5, 0.6) is 0 Å². The quantitative estimate of drug-likeness (QED) is 0.645. The van der Waals surface area contributed by atoms with E-state index in [9.17, 15) is 20.2 Å². The second-order valence-electron chi connectivity index (χ2n) is 4.08. The number of hydrogen-bond acceptors (Lipinski definition) is 6. The lowest BCUT2D eigenvalue weighted by atomic mass is 10.1. The van der Waals surface area contributed by atoms with Gasteiger partial charge in [-0.2, -0.15) is 5.10 Å². The van der Waals surface area contributed by atoms with Crippen molar-refractivity contribution in [3.8, 4) is 0 Å². The minimum atomic E-state index is -0.669. The van der Waals surface area contributed by atoms with Crippen LogP contribution in [0.1, 0.15) is 11.1 Å². The monoisotopic (exact) mass is 277 g/mol. The highest BCUT2D eigenvalue weighted by Gasteiger charge is 2.19. The number of benzene rings is 1. The van der Waals surface area contributed by atoms with Crippen molar-refractivity contribution in [1.82, 2.24) is 9.78 Å². The Morgan fingerprint density at radius 1 is 1.25 bits per heavy atom. The van der Waals surface area contributed by atoms with Gasteiger partial charge in [0.2, 0.25) is 0 Å². The maximum Gasteiger partial charge on any atom is 0.281 e. The lowest BCUT2D eigenvalue weighted by Crippen LogP contribution is -2.04. The number of nitrogens with two attached hydrogens (primary N) is 1. The second-order valence-corrected chi connectivity index (χ2v) is 4.08. The minimum Gasteiger partial charge on any atom is -0.326 e. The molecule has 0 aliphatic rings. The van der Waals surface area contributed by atoms with Gasteiger partial charge in [0.1, 0.15) is 0 Å². The van der Waals surface area contributed by atoms with E-state index in [1.807, 2.05) is 0 Å². The average Bonchev–Trinajstić information content (AvgIpc) is 2.86. The molecular weight excluding hydrogens is 266 g/mol. The van der Waals surface area contributed by atoms with Crippen LogP contribution in [0.3, 0.4) is 0 Å². The summed E-state index contributed by atoms with van der Waals surface area (Å²) in [6, 6.07) is 3.54. The Morgan fingerprint density at radius 3 is 2.55 bits per heavy atom. The number of nitro benzene ring substituents is 2. The van der Waals surface area contributed by atoms with Crippen LogP contribution in [0, 0.1) is 20.2 Å². The van der Waals surface area contributed by atoms with Crippen molar-refractivity contribution in [2.45, 2.75) is 13.1 Å². The Hall–Kier alpha value is -2.81. The van der Waals surface area contributed by atoms with Crippen molar-refractivity contribution >= 4 is 11.4 Å². The Kier molecular flexibility index (Phi) is 3.71. The number of hydrogen-bond donors (Lipinski definition) is 1. The topological polar surface area (TPSA) is 130 Å². The van der Waals surface area contributed by atoms with Crippen LogP contribution < -0.4 is 5.73 Å². The van der Waals surface area contributed by atoms with E-state index in [1.165, 1.54) is 16.8 Å². The third kappa shape index (κ3) is 2.78. The summed E-state index contributed by atoms with van der Waals surface area (Å²) in [5.74, 6) is 0. The first-order chi connectivity index (χ1) is 9.51. The van der Waals surface area contributed by atoms with Gasteiger partial charge < -0.3 is 5.73 Å². The first kappa shape index (κ1) is 13.6. The van der Waals surface area contributed by atoms with Crippen molar-refractivity contribution in [3.05, 3.63) is 61.9 Å². The van der Waals surface area contributed by atoms with Crippen LogP contribution in [0.25, 0.3) is 0 Å². The van der Waals surface area contributed by atoms with Gasteiger partial charge in [0.05, 0.1) is 34.2 Å². The lowest BCUT2D eigenvalue weighted by molar-refractivity contribution is -0.394. The third-order valence-corrected chi connectivity index (χ3v) is 2.73. The molecule has 0 saturated heterocycles. The first-order valence-electron chi connectivity index (χ1n) is 5.64. The molecule has 1 aromatic carbocycles. The summed E-state index contributed by atoms with van der Waals surface area (Å²) in [6.45, 7) is 0.469. The Labute approximate surface area is 112 Å². The molecule has 0 unspecified atom stereocenters. The molecule has 104 valence electrons. The molecule has 0 atom stereocenters. The zero-order valence-electron chi connectivity index (χ0n) is 10.3. The molecular formula is C11H11N5O4. The van der Waals surface area contributed by atoms with Crippen LogP contribution in [0.2, 0.25) is 0 Å². The zero-order valence-corrected chi connectivity index (χ0v) is 10.3. The second kappa shape index (κ2) is 5.45. The first-order valence-corrected chi connectivity index (χ1v) is 5.64. The smallest absolute Gasteiger partial charge is 0.281 e. The molecule has 9 heteroatoms. The van der Waals surface area contributed by atoms with E-state index in [-0.39, 0.29) is 17.9 Å². The van der Waals surface area contributed by atoms with Gasteiger partial charge in [-0.25, -0.2) is 0 Å². The average molecular weight is 277 g/mol. The van der Waals surface area contributed by atoms with E-state index >= 15 is 0 Å². The van der Waals surface area contributed by atoms with Gasteiger partial charge in [0.25, 0.3) is 11.4 Å². The molecule has 0 bridgehead atoms. The van der Waals surface area contributed by atoms with E-state index in [0.29, 0.717) is 12.1 Å². The summed E-state index contributed by atoms with van der Waals surface area (Å²) in [5.41, 5.74) is 5.97. The van der Waals surface area contributed by atoms with E-state index in [1.54, 1.807) is 12.4 Å². The fraction of sp³-hybridized carbons (Fsp3) is 0.182. The number of nitrogens with zero attached hydrogens (tertiary/aromatic N) is 4. The van der Waals surface area contributed by atoms with Crippen molar-refractivity contribution in [2.75, 3.05) is 0 Å². The zero-order chi connectivity index (χ0) is 14.7. The molecule has 0 amide bonds. The Morgan fingerprint density at radius 2 is 2.00 bits per heavy atom. The molecule has 2 aromatic rings. The molecule has 0 spiro atoms. The molecule has 2 rings (SSSR count). The molecule has 0 saturated carbocycles. The highest BCUT2D eigenvalue weighted by molar-refractivity contribution is 5.49. The fourth-order valence-electron chi connectivity index (χ4n) is 1.74. The predicted molar refractivity (Wildman–Crippen MR) is 69.0 cm³/mol. The van der Waals surface area contributed by atoms with Gasteiger partial charge in [0, 0.05) is 24.4 Å². The van der Waals surface area contributed by atoms with Crippen molar-refractivity contribution in [1.29, 1.82) is 0 Å². The van der Waals surface area contributed by atoms with Gasteiger partial charge in [-0.3, -0.25) is 24.9 Å². The number of non-ortho nitro benzene ring substituents is 1. The Balaban J connectivity index is 2.35. The molecule has 0 radical (unpaired) electrons.